The second kappa shape index (κ2) is 13.2. The van der Waals surface area contributed by atoms with Crippen LogP contribution in [0.3, 0.4) is 0 Å². The minimum absolute atomic E-state index is 0.217. The van der Waals surface area contributed by atoms with Gasteiger partial charge in [0.25, 0.3) is 0 Å². The molecule has 0 radical (unpaired) electrons. The highest BCUT2D eigenvalue weighted by molar-refractivity contribution is 7.99. The lowest BCUT2D eigenvalue weighted by Crippen LogP contribution is -2.24. The number of hydrogen-bond acceptors (Lipinski definition) is 9. The summed E-state index contributed by atoms with van der Waals surface area (Å²) < 4.78 is 10.8. The molecule has 0 saturated carbocycles. The topological polar surface area (TPSA) is 61.3 Å². The van der Waals surface area contributed by atoms with Gasteiger partial charge in [0.05, 0.1) is 47.5 Å². The molecule has 0 bridgehead atoms. The predicted octanol–water partition coefficient (Wildman–Crippen LogP) is 7.87. The Hall–Kier alpha value is -2.33. The molecule has 0 aliphatic heterocycles. The van der Waals surface area contributed by atoms with Crippen molar-refractivity contribution in [2.45, 2.75) is 49.3 Å². The summed E-state index contributed by atoms with van der Waals surface area (Å²) in [5.41, 5.74) is 1.88. The van der Waals surface area contributed by atoms with Crippen LogP contribution < -0.4 is 9.47 Å². The van der Waals surface area contributed by atoms with Gasteiger partial charge in [0.15, 0.2) is 5.78 Å². The number of thioether (sulfide) groups is 2. The van der Waals surface area contributed by atoms with Gasteiger partial charge in [0, 0.05) is 31.1 Å². The normalized spacial score (nSPS) is 12.8. The molecule has 2 aromatic heterocycles. The zero-order chi connectivity index (χ0) is 27.2. The first-order chi connectivity index (χ1) is 18.3. The van der Waals surface area contributed by atoms with Crippen LogP contribution >= 0.6 is 46.2 Å². The number of hydrogen-bond donors (Lipinski definition) is 0. The molecule has 2 heterocycles. The van der Waals surface area contributed by atoms with Crippen molar-refractivity contribution in [3.8, 4) is 11.5 Å². The number of ketones is 1. The van der Waals surface area contributed by atoms with Gasteiger partial charge in [-0.05, 0) is 64.1 Å². The zero-order valence-electron chi connectivity index (χ0n) is 22.4. The van der Waals surface area contributed by atoms with Gasteiger partial charge in [0.2, 0.25) is 0 Å². The summed E-state index contributed by atoms with van der Waals surface area (Å²) in [6.45, 7) is 8.03. The molecule has 0 saturated heterocycles. The summed E-state index contributed by atoms with van der Waals surface area (Å²) in [7, 11) is 3.34. The van der Waals surface area contributed by atoms with Gasteiger partial charge in [-0.2, -0.15) is 0 Å². The van der Waals surface area contributed by atoms with Gasteiger partial charge >= 0.3 is 0 Å². The van der Waals surface area contributed by atoms with Gasteiger partial charge in [-0.3, -0.25) is 4.79 Å². The fraction of sp³-hybridized carbons (Fsp3) is 0.345. The lowest BCUT2D eigenvalue weighted by molar-refractivity contribution is -0.120. The molecule has 4 aromatic rings. The molecule has 0 N–H and O–H groups in total. The molecular weight excluding hydrogens is 553 g/mol. The van der Waals surface area contributed by atoms with Crippen LogP contribution in [0.2, 0.25) is 0 Å². The maximum Gasteiger partial charge on any atom is 0.151 e. The first kappa shape index (κ1) is 28.7. The van der Waals surface area contributed by atoms with E-state index in [1.165, 1.54) is 0 Å². The molecule has 2 unspecified atom stereocenters. The Bertz CT molecular complexity index is 1290. The fourth-order valence-electron chi connectivity index (χ4n) is 4.30. The average Bonchev–Trinajstić information content (AvgIpc) is 3.43. The van der Waals surface area contributed by atoms with E-state index in [1.807, 2.05) is 64.1 Å². The van der Waals surface area contributed by atoms with Gasteiger partial charge in [-0.25, -0.2) is 9.97 Å². The third-order valence-electron chi connectivity index (χ3n) is 6.11. The van der Waals surface area contributed by atoms with E-state index in [4.69, 9.17) is 9.47 Å². The van der Waals surface area contributed by atoms with Gasteiger partial charge in [-0.1, -0.05) is 12.1 Å². The molecular formula is C29H32N2O3S4. The molecule has 9 heteroatoms. The molecule has 0 spiro atoms. The lowest BCUT2D eigenvalue weighted by atomic mass is 9.91. The largest absolute Gasteiger partial charge is 0.497 e. The number of carbonyl (C=O) groups excluding carboxylic acids is 1. The quantitative estimate of drug-likeness (QED) is 0.157. The molecule has 0 aliphatic rings. The average molecular weight is 585 g/mol. The Labute approximate surface area is 241 Å². The fourth-order valence-corrected chi connectivity index (χ4v) is 8.71. The van der Waals surface area contributed by atoms with Crippen LogP contribution in [0.15, 0.2) is 58.3 Å². The number of ether oxygens (including phenoxy) is 2. The van der Waals surface area contributed by atoms with E-state index in [9.17, 15) is 4.79 Å². The van der Waals surface area contributed by atoms with Crippen molar-refractivity contribution in [1.29, 1.82) is 0 Å². The molecule has 0 aliphatic carbocycles. The second-order valence-corrected chi connectivity index (χ2v) is 13.5. The van der Waals surface area contributed by atoms with Crippen molar-refractivity contribution < 1.29 is 14.3 Å². The molecule has 2 aromatic carbocycles. The van der Waals surface area contributed by atoms with Crippen molar-refractivity contribution in [1.82, 2.24) is 9.97 Å². The van der Waals surface area contributed by atoms with Crippen molar-refractivity contribution in [2.24, 2.45) is 0 Å². The Kier molecular flexibility index (Phi) is 9.92. The van der Waals surface area contributed by atoms with Gasteiger partial charge < -0.3 is 9.47 Å². The van der Waals surface area contributed by atoms with Crippen molar-refractivity contribution >= 4 is 52.0 Å². The highest BCUT2D eigenvalue weighted by atomic mass is 32.2. The minimum atomic E-state index is -0.282. The van der Waals surface area contributed by atoms with Crippen molar-refractivity contribution in [3.63, 3.8) is 0 Å². The third kappa shape index (κ3) is 7.00. The summed E-state index contributed by atoms with van der Waals surface area (Å²) in [6, 6.07) is 16.0. The monoisotopic (exact) mass is 584 g/mol. The van der Waals surface area contributed by atoms with Crippen molar-refractivity contribution in [3.05, 3.63) is 79.7 Å². The lowest BCUT2D eigenvalue weighted by Gasteiger charge is -2.22. The first-order valence-electron chi connectivity index (χ1n) is 12.2. The summed E-state index contributed by atoms with van der Waals surface area (Å²) in [4.78, 5) is 28.1. The molecule has 5 nitrogen and oxygen atoms in total. The van der Waals surface area contributed by atoms with Crippen molar-refractivity contribution in [2.75, 3.05) is 25.7 Å². The predicted molar refractivity (Wildman–Crippen MR) is 161 cm³/mol. The van der Waals surface area contributed by atoms with E-state index in [1.54, 1.807) is 60.4 Å². The van der Waals surface area contributed by atoms with E-state index in [2.05, 4.69) is 22.1 Å². The maximum absolute atomic E-state index is 14.5. The van der Waals surface area contributed by atoms with Gasteiger partial charge in [-0.15, -0.1) is 46.2 Å². The van der Waals surface area contributed by atoms with E-state index < -0.39 is 0 Å². The number of thiazole rings is 2. The van der Waals surface area contributed by atoms with E-state index in [0.717, 1.165) is 52.4 Å². The summed E-state index contributed by atoms with van der Waals surface area (Å²) in [6.07, 6.45) is 0. The van der Waals surface area contributed by atoms with Crippen LogP contribution in [-0.2, 0) is 4.79 Å². The summed E-state index contributed by atoms with van der Waals surface area (Å²) in [5, 5.41) is 1.96. The van der Waals surface area contributed by atoms with Crippen LogP contribution in [-0.4, -0.2) is 41.5 Å². The van der Waals surface area contributed by atoms with Crippen LogP contribution in [0.1, 0.15) is 43.0 Å². The van der Waals surface area contributed by atoms with Crippen LogP contribution in [0, 0.1) is 27.7 Å². The summed E-state index contributed by atoms with van der Waals surface area (Å²) in [5.74, 6) is 2.54. The summed E-state index contributed by atoms with van der Waals surface area (Å²) >= 11 is 6.63. The number of nitrogens with zero attached hydrogens (tertiary/aromatic N) is 2. The molecule has 0 fully saturated rings. The van der Waals surface area contributed by atoms with Crippen LogP contribution in [0.4, 0.5) is 0 Å². The number of aromatic nitrogens is 2. The zero-order valence-corrected chi connectivity index (χ0v) is 25.7. The Morgan fingerprint density at radius 3 is 1.53 bits per heavy atom. The molecule has 38 heavy (non-hydrogen) atoms. The van der Waals surface area contributed by atoms with E-state index in [-0.39, 0.29) is 17.6 Å². The second-order valence-electron chi connectivity index (χ2n) is 8.85. The van der Waals surface area contributed by atoms with E-state index >= 15 is 0 Å². The molecule has 4 rings (SSSR count). The molecule has 0 amide bonds. The first-order valence-corrected chi connectivity index (χ1v) is 15.8. The van der Waals surface area contributed by atoms with Gasteiger partial charge in [0.1, 0.15) is 11.5 Å². The highest BCUT2D eigenvalue weighted by Crippen LogP contribution is 2.40. The number of benzene rings is 2. The number of rotatable bonds is 12. The number of methoxy groups -OCH3 is 2. The molecule has 2 atom stereocenters. The van der Waals surface area contributed by atoms with E-state index in [0.29, 0.717) is 11.5 Å². The maximum atomic E-state index is 14.5. The minimum Gasteiger partial charge on any atom is -0.497 e. The van der Waals surface area contributed by atoms with Crippen LogP contribution in [0.25, 0.3) is 0 Å². The third-order valence-corrected chi connectivity index (χ3v) is 10.7. The Morgan fingerprint density at radius 2 is 1.18 bits per heavy atom. The highest BCUT2D eigenvalue weighted by Gasteiger charge is 2.34. The number of Topliss-reactive ketones (excluding diaryl/α,β-unsaturated/α-hetero) is 1. The number of carbonyl (C=O) groups is 1. The smallest absolute Gasteiger partial charge is 0.151 e. The standard InChI is InChI=1S/C29H32N2O3S4/c1-17-28(37-19(3)30-17)25(15-35-23-11-7-9-21(13-23)33-5)27(32)26(29-18(2)31-20(4)38-29)16-36-24-12-8-10-22(14-24)34-6/h7-14,25-26H,15-16H2,1-6H3. The SMILES string of the molecule is COc1cccc(SCC(C(=O)C(CSc2cccc(OC)c2)c2sc(C)nc2C)c2sc(C)nc2C)c1. The van der Waals surface area contributed by atoms with Crippen LogP contribution in [0.5, 0.6) is 11.5 Å². The Balaban J connectivity index is 1.67. The Morgan fingerprint density at radius 1 is 0.763 bits per heavy atom. The molecule has 200 valence electrons. The number of aryl methyl sites for hydroxylation is 4.